The second kappa shape index (κ2) is 6.89. The van der Waals surface area contributed by atoms with E-state index in [9.17, 15) is 4.39 Å². The SMILES string of the molecule is CC(C)CC(CSc1ccccc1F)NN. The summed E-state index contributed by atoms with van der Waals surface area (Å²) in [5.41, 5.74) is 2.78. The van der Waals surface area contributed by atoms with Crippen LogP contribution in [0.25, 0.3) is 0 Å². The summed E-state index contributed by atoms with van der Waals surface area (Å²) in [6.07, 6.45) is 0.998. The lowest BCUT2D eigenvalue weighted by atomic mass is 10.1. The molecule has 4 heteroatoms. The summed E-state index contributed by atoms with van der Waals surface area (Å²) in [6.45, 7) is 4.30. The Bertz CT molecular complexity index is 318. The van der Waals surface area contributed by atoms with E-state index in [1.165, 1.54) is 17.8 Å². The van der Waals surface area contributed by atoms with Crippen LogP contribution in [0.3, 0.4) is 0 Å². The van der Waals surface area contributed by atoms with Crippen LogP contribution in [0, 0.1) is 11.7 Å². The van der Waals surface area contributed by atoms with Gasteiger partial charge in [-0.05, 0) is 24.5 Å². The van der Waals surface area contributed by atoms with Crippen molar-refractivity contribution in [3.8, 4) is 0 Å². The molecule has 1 atom stereocenters. The standard InChI is InChI=1S/C12H19FN2S/c1-9(2)7-10(15-14)8-16-12-6-4-3-5-11(12)13/h3-6,9-10,15H,7-8,14H2,1-2H3. The van der Waals surface area contributed by atoms with Crippen LogP contribution in [0.5, 0.6) is 0 Å². The Kier molecular flexibility index (Phi) is 5.80. The van der Waals surface area contributed by atoms with Crippen molar-refractivity contribution in [3.05, 3.63) is 30.1 Å². The van der Waals surface area contributed by atoms with Crippen LogP contribution < -0.4 is 11.3 Å². The predicted octanol–water partition coefficient (Wildman–Crippen LogP) is 2.80. The molecule has 0 spiro atoms. The number of rotatable bonds is 6. The normalized spacial score (nSPS) is 13.1. The van der Waals surface area contributed by atoms with Gasteiger partial charge in [0.15, 0.2) is 0 Å². The van der Waals surface area contributed by atoms with Gasteiger partial charge in [-0.25, -0.2) is 4.39 Å². The zero-order chi connectivity index (χ0) is 12.0. The largest absolute Gasteiger partial charge is 0.271 e. The van der Waals surface area contributed by atoms with Gasteiger partial charge in [0.05, 0.1) is 0 Å². The van der Waals surface area contributed by atoms with Crippen LogP contribution in [-0.2, 0) is 0 Å². The second-order valence-corrected chi connectivity index (χ2v) is 5.30. The number of nitrogens with two attached hydrogens (primary N) is 1. The van der Waals surface area contributed by atoms with E-state index in [-0.39, 0.29) is 11.9 Å². The van der Waals surface area contributed by atoms with Crippen molar-refractivity contribution in [3.63, 3.8) is 0 Å². The van der Waals surface area contributed by atoms with Crippen molar-refractivity contribution in [1.82, 2.24) is 5.43 Å². The lowest BCUT2D eigenvalue weighted by Crippen LogP contribution is -2.37. The Hall–Kier alpha value is -0.580. The van der Waals surface area contributed by atoms with Gasteiger partial charge in [-0.15, -0.1) is 11.8 Å². The number of benzene rings is 1. The zero-order valence-corrected chi connectivity index (χ0v) is 10.6. The third-order valence-corrected chi connectivity index (χ3v) is 3.48. The minimum absolute atomic E-state index is 0.159. The van der Waals surface area contributed by atoms with E-state index in [1.54, 1.807) is 12.1 Å². The maximum absolute atomic E-state index is 13.3. The Morgan fingerprint density at radius 2 is 2.06 bits per heavy atom. The van der Waals surface area contributed by atoms with Crippen molar-refractivity contribution in [1.29, 1.82) is 0 Å². The number of halogens is 1. The van der Waals surface area contributed by atoms with Gasteiger partial charge in [-0.3, -0.25) is 11.3 Å². The fourth-order valence-corrected chi connectivity index (χ4v) is 2.50. The van der Waals surface area contributed by atoms with Gasteiger partial charge in [0.25, 0.3) is 0 Å². The number of thioether (sulfide) groups is 1. The molecule has 0 saturated heterocycles. The third-order valence-electron chi connectivity index (χ3n) is 2.27. The van der Waals surface area contributed by atoms with Gasteiger partial charge >= 0.3 is 0 Å². The van der Waals surface area contributed by atoms with Crippen LogP contribution in [0.2, 0.25) is 0 Å². The highest BCUT2D eigenvalue weighted by Gasteiger charge is 2.10. The zero-order valence-electron chi connectivity index (χ0n) is 9.74. The van der Waals surface area contributed by atoms with Crippen molar-refractivity contribution >= 4 is 11.8 Å². The molecule has 1 aromatic carbocycles. The molecule has 90 valence electrons. The fourth-order valence-electron chi connectivity index (χ4n) is 1.51. The van der Waals surface area contributed by atoms with Crippen molar-refractivity contribution in [2.24, 2.45) is 11.8 Å². The number of hydrogen-bond acceptors (Lipinski definition) is 3. The molecule has 1 unspecified atom stereocenters. The molecular weight excluding hydrogens is 223 g/mol. The first kappa shape index (κ1) is 13.5. The van der Waals surface area contributed by atoms with Crippen LogP contribution in [0.1, 0.15) is 20.3 Å². The van der Waals surface area contributed by atoms with Crippen molar-refractivity contribution in [2.75, 3.05) is 5.75 Å². The summed E-state index contributed by atoms with van der Waals surface area (Å²) >= 11 is 1.50. The molecule has 1 rings (SSSR count). The molecule has 0 aliphatic carbocycles. The molecule has 0 bridgehead atoms. The first-order valence-electron chi connectivity index (χ1n) is 5.47. The maximum atomic E-state index is 13.3. The summed E-state index contributed by atoms with van der Waals surface area (Å²) in [7, 11) is 0. The molecule has 1 aromatic rings. The molecule has 0 heterocycles. The van der Waals surface area contributed by atoms with Gasteiger partial charge in [0.2, 0.25) is 0 Å². The van der Waals surface area contributed by atoms with Crippen LogP contribution in [-0.4, -0.2) is 11.8 Å². The van der Waals surface area contributed by atoms with Gasteiger partial charge in [-0.2, -0.15) is 0 Å². The first-order valence-corrected chi connectivity index (χ1v) is 6.45. The lowest BCUT2D eigenvalue weighted by Gasteiger charge is -2.17. The molecule has 16 heavy (non-hydrogen) atoms. The Balaban J connectivity index is 2.46. The topological polar surface area (TPSA) is 38.0 Å². The minimum atomic E-state index is -0.159. The molecule has 0 aliphatic rings. The highest BCUT2D eigenvalue weighted by atomic mass is 32.2. The quantitative estimate of drug-likeness (QED) is 0.457. The van der Waals surface area contributed by atoms with Gasteiger partial charge < -0.3 is 0 Å². The lowest BCUT2D eigenvalue weighted by molar-refractivity contribution is 0.456. The van der Waals surface area contributed by atoms with Crippen LogP contribution >= 0.6 is 11.8 Å². The smallest absolute Gasteiger partial charge is 0.136 e. The molecule has 0 amide bonds. The summed E-state index contributed by atoms with van der Waals surface area (Å²) in [5.74, 6) is 6.68. The molecular formula is C12H19FN2S. The molecule has 2 nitrogen and oxygen atoms in total. The van der Waals surface area contributed by atoms with E-state index in [0.29, 0.717) is 10.8 Å². The maximum Gasteiger partial charge on any atom is 0.136 e. The predicted molar refractivity (Wildman–Crippen MR) is 67.7 cm³/mol. The van der Waals surface area contributed by atoms with E-state index in [4.69, 9.17) is 5.84 Å². The molecule has 0 fully saturated rings. The average Bonchev–Trinajstić information content (AvgIpc) is 2.25. The molecule has 0 aromatic heterocycles. The number of hydrazine groups is 1. The molecule has 0 saturated carbocycles. The average molecular weight is 242 g/mol. The first-order chi connectivity index (χ1) is 7.63. The van der Waals surface area contributed by atoms with Crippen LogP contribution in [0.15, 0.2) is 29.2 Å². The summed E-state index contributed by atoms with van der Waals surface area (Å²) in [4.78, 5) is 0.687. The summed E-state index contributed by atoms with van der Waals surface area (Å²) < 4.78 is 13.3. The van der Waals surface area contributed by atoms with Crippen molar-refractivity contribution < 1.29 is 4.39 Å². The van der Waals surface area contributed by atoms with Crippen molar-refractivity contribution in [2.45, 2.75) is 31.2 Å². The van der Waals surface area contributed by atoms with Gasteiger partial charge in [0.1, 0.15) is 5.82 Å². The highest BCUT2D eigenvalue weighted by Crippen LogP contribution is 2.23. The van der Waals surface area contributed by atoms with Crippen LogP contribution in [0.4, 0.5) is 4.39 Å². The molecule has 0 aliphatic heterocycles. The monoisotopic (exact) mass is 242 g/mol. The molecule has 0 radical (unpaired) electrons. The Labute approximate surface area is 101 Å². The van der Waals surface area contributed by atoms with E-state index < -0.39 is 0 Å². The minimum Gasteiger partial charge on any atom is -0.271 e. The Morgan fingerprint density at radius 3 is 2.62 bits per heavy atom. The summed E-state index contributed by atoms with van der Waals surface area (Å²) in [5, 5.41) is 0. The van der Waals surface area contributed by atoms with E-state index in [0.717, 1.165) is 12.2 Å². The van der Waals surface area contributed by atoms with E-state index in [2.05, 4.69) is 19.3 Å². The number of nitrogens with one attached hydrogen (secondary N) is 1. The fraction of sp³-hybridized carbons (Fsp3) is 0.500. The van der Waals surface area contributed by atoms with Gasteiger partial charge in [-0.1, -0.05) is 26.0 Å². The van der Waals surface area contributed by atoms with E-state index in [1.807, 2.05) is 6.07 Å². The Morgan fingerprint density at radius 1 is 1.38 bits per heavy atom. The highest BCUT2D eigenvalue weighted by molar-refractivity contribution is 7.99. The summed E-state index contributed by atoms with van der Waals surface area (Å²) in [6, 6.07) is 7.05. The second-order valence-electron chi connectivity index (χ2n) is 4.23. The van der Waals surface area contributed by atoms with E-state index >= 15 is 0 Å². The third kappa shape index (κ3) is 4.51. The van der Waals surface area contributed by atoms with Gasteiger partial charge in [0, 0.05) is 16.7 Å². The number of hydrogen-bond donors (Lipinski definition) is 2. The molecule has 3 N–H and O–H groups in total.